The minimum absolute atomic E-state index is 0.0593. The van der Waals surface area contributed by atoms with Crippen LogP contribution >= 0.6 is 0 Å². The Morgan fingerprint density at radius 3 is 2.39 bits per heavy atom. The lowest BCUT2D eigenvalue weighted by atomic mass is 10.1. The van der Waals surface area contributed by atoms with Gasteiger partial charge in [0, 0.05) is 19.1 Å². The monoisotopic (exact) mass is 260 g/mol. The molecule has 0 radical (unpaired) electrons. The van der Waals surface area contributed by atoms with E-state index in [9.17, 15) is 9.59 Å². The zero-order valence-corrected chi connectivity index (χ0v) is 11.7. The maximum absolute atomic E-state index is 11.3. The quantitative estimate of drug-likeness (QED) is 0.536. The van der Waals surface area contributed by atoms with Gasteiger partial charge in [0.2, 0.25) is 5.91 Å². The van der Waals surface area contributed by atoms with Crippen LogP contribution in [0.1, 0.15) is 40.0 Å². The first-order valence-corrected chi connectivity index (χ1v) is 6.06. The van der Waals surface area contributed by atoms with Crippen LogP contribution in [0.2, 0.25) is 0 Å². The molecule has 0 unspecified atom stereocenters. The summed E-state index contributed by atoms with van der Waals surface area (Å²) in [5.74, 6) is -0.0593. The molecule has 0 spiro atoms. The zero-order chi connectivity index (χ0) is 14.0. The van der Waals surface area contributed by atoms with Crippen molar-refractivity contribution >= 4 is 12.0 Å². The lowest BCUT2D eigenvalue weighted by Gasteiger charge is -2.19. The van der Waals surface area contributed by atoms with Crippen molar-refractivity contribution < 1.29 is 19.1 Å². The Morgan fingerprint density at radius 1 is 1.17 bits per heavy atom. The smallest absolute Gasteiger partial charge is 0.407 e. The highest BCUT2D eigenvalue weighted by molar-refractivity contribution is 5.75. The number of carbonyl (C=O) groups is 2. The molecule has 0 aliphatic heterocycles. The normalized spacial score (nSPS) is 10.9. The fourth-order valence-electron chi connectivity index (χ4n) is 1.14. The van der Waals surface area contributed by atoms with Crippen molar-refractivity contribution in [3.63, 3.8) is 0 Å². The van der Waals surface area contributed by atoms with E-state index < -0.39 is 6.09 Å². The Balaban J connectivity index is 3.45. The first-order chi connectivity index (χ1) is 8.35. The van der Waals surface area contributed by atoms with Gasteiger partial charge in [0.25, 0.3) is 0 Å². The molecule has 18 heavy (non-hydrogen) atoms. The topological polar surface area (TPSA) is 76.7 Å². The predicted octanol–water partition coefficient (Wildman–Crippen LogP) is 1.40. The Labute approximate surface area is 108 Å². The average molecular weight is 260 g/mol. The van der Waals surface area contributed by atoms with Crippen molar-refractivity contribution in [3.8, 4) is 0 Å². The molecular weight excluding hydrogens is 236 g/mol. The first kappa shape index (κ1) is 16.7. The fourth-order valence-corrected chi connectivity index (χ4v) is 1.14. The van der Waals surface area contributed by atoms with E-state index in [0.717, 1.165) is 0 Å². The summed E-state index contributed by atoms with van der Waals surface area (Å²) in [5, 5.41) is 5.27. The fraction of sp³-hybridized carbons (Fsp3) is 0.833. The molecular formula is C12H24N2O4. The van der Waals surface area contributed by atoms with Crippen molar-refractivity contribution in [2.45, 2.75) is 45.6 Å². The van der Waals surface area contributed by atoms with Crippen molar-refractivity contribution in [3.05, 3.63) is 0 Å². The van der Waals surface area contributed by atoms with Crippen LogP contribution in [0.5, 0.6) is 0 Å². The van der Waals surface area contributed by atoms with Crippen LogP contribution in [-0.4, -0.2) is 38.0 Å². The molecule has 0 aromatic rings. The maximum Gasteiger partial charge on any atom is 0.407 e. The van der Waals surface area contributed by atoms with Crippen LogP contribution in [0, 0.1) is 0 Å². The molecule has 0 rings (SSSR count). The number of alkyl carbamates (subject to hydrolysis) is 1. The first-order valence-electron chi connectivity index (χ1n) is 6.06. The van der Waals surface area contributed by atoms with Crippen LogP contribution in [0.3, 0.4) is 0 Å². The number of amides is 2. The standard InChI is InChI=1S/C12H24N2O4/c1-12(2,3)14-11(16)18-8-6-5-7-10(15)13-9-17-4/h5-9H2,1-4H3,(H,13,15)(H,14,16). The minimum Gasteiger partial charge on any atom is -0.450 e. The summed E-state index contributed by atoms with van der Waals surface area (Å²) in [6.45, 7) is 6.19. The maximum atomic E-state index is 11.3. The van der Waals surface area contributed by atoms with Gasteiger partial charge in [-0.15, -0.1) is 0 Å². The van der Waals surface area contributed by atoms with E-state index in [2.05, 4.69) is 10.6 Å². The van der Waals surface area contributed by atoms with E-state index >= 15 is 0 Å². The lowest BCUT2D eigenvalue weighted by molar-refractivity contribution is -0.122. The van der Waals surface area contributed by atoms with Crippen LogP contribution in [-0.2, 0) is 14.3 Å². The highest BCUT2D eigenvalue weighted by atomic mass is 16.5. The molecule has 2 N–H and O–H groups in total. The molecule has 0 aliphatic carbocycles. The van der Waals surface area contributed by atoms with Crippen molar-refractivity contribution in [2.75, 3.05) is 20.4 Å². The Hall–Kier alpha value is -1.30. The van der Waals surface area contributed by atoms with Crippen LogP contribution < -0.4 is 10.6 Å². The molecule has 0 saturated heterocycles. The highest BCUT2D eigenvalue weighted by Crippen LogP contribution is 2.00. The SMILES string of the molecule is COCNC(=O)CCCCOC(=O)NC(C)(C)C. The lowest BCUT2D eigenvalue weighted by Crippen LogP contribution is -2.41. The number of ether oxygens (including phenoxy) is 2. The van der Waals surface area contributed by atoms with Gasteiger partial charge in [0.1, 0.15) is 6.73 Å². The van der Waals surface area contributed by atoms with E-state index in [1.54, 1.807) is 0 Å². The predicted molar refractivity (Wildman–Crippen MR) is 68.1 cm³/mol. The zero-order valence-electron chi connectivity index (χ0n) is 11.7. The summed E-state index contributed by atoms with van der Waals surface area (Å²) < 4.78 is 9.68. The van der Waals surface area contributed by atoms with Crippen molar-refractivity contribution in [2.24, 2.45) is 0 Å². The second-order valence-electron chi connectivity index (χ2n) is 5.00. The van der Waals surface area contributed by atoms with Gasteiger partial charge < -0.3 is 20.1 Å². The molecule has 0 atom stereocenters. The highest BCUT2D eigenvalue weighted by Gasteiger charge is 2.14. The number of nitrogens with one attached hydrogen (secondary N) is 2. The molecule has 0 aliphatic rings. The molecule has 0 fully saturated rings. The molecule has 0 aromatic carbocycles. The third-order valence-corrected chi connectivity index (χ3v) is 1.92. The molecule has 0 saturated carbocycles. The number of methoxy groups -OCH3 is 1. The van der Waals surface area contributed by atoms with E-state index in [1.807, 2.05) is 20.8 Å². The largest absolute Gasteiger partial charge is 0.450 e. The molecule has 2 amide bonds. The van der Waals surface area contributed by atoms with Gasteiger partial charge >= 0.3 is 6.09 Å². The Morgan fingerprint density at radius 2 is 1.83 bits per heavy atom. The Bertz CT molecular complexity index is 261. The summed E-state index contributed by atoms with van der Waals surface area (Å²) in [4.78, 5) is 22.4. The molecule has 0 heterocycles. The summed E-state index contributed by atoms with van der Waals surface area (Å²) in [6.07, 6.45) is 1.33. The summed E-state index contributed by atoms with van der Waals surface area (Å²) in [5.41, 5.74) is -0.295. The Kier molecular flexibility index (Phi) is 8.11. The molecule has 0 bridgehead atoms. The van der Waals surface area contributed by atoms with Gasteiger partial charge in [0.15, 0.2) is 0 Å². The van der Waals surface area contributed by atoms with Crippen LogP contribution in [0.25, 0.3) is 0 Å². The van der Waals surface area contributed by atoms with Gasteiger partial charge in [-0.2, -0.15) is 0 Å². The average Bonchev–Trinajstić information content (AvgIpc) is 2.23. The van der Waals surface area contributed by atoms with E-state index in [0.29, 0.717) is 25.9 Å². The second-order valence-corrected chi connectivity index (χ2v) is 5.00. The molecule has 0 aromatic heterocycles. The number of rotatable bonds is 7. The van der Waals surface area contributed by atoms with Gasteiger partial charge in [0.05, 0.1) is 6.61 Å². The van der Waals surface area contributed by atoms with Gasteiger partial charge in [-0.25, -0.2) is 4.79 Å². The molecule has 6 heteroatoms. The minimum atomic E-state index is -0.425. The van der Waals surface area contributed by atoms with E-state index in [-0.39, 0.29) is 18.2 Å². The van der Waals surface area contributed by atoms with Crippen LogP contribution in [0.4, 0.5) is 4.79 Å². The van der Waals surface area contributed by atoms with E-state index in [4.69, 9.17) is 9.47 Å². The second kappa shape index (κ2) is 8.74. The number of unbranched alkanes of at least 4 members (excludes halogenated alkanes) is 1. The summed E-state index contributed by atoms with van der Waals surface area (Å²) in [6, 6.07) is 0. The van der Waals surface area contributed by atoms with Gasteiger partial charge in [-0.05, 0) is 33.6 Å². The summed E-state index contributed by atoms with van der Waals surface area (Å²) in [7, 11) is 1.52. The summed E-state index contributed by atoms with van der Waals surface area (Å²) >= 11 is 0. The third kappa shape index (κ3) is 11.2. The number of hydrogen-bond acceptors (Lipinski definition) is 4. The van der Waals surface area contributed by atoms with Gasteiger partial charge in [-0.1, -0.05) is 0 Å². The number of carbonyl (C=O) groups excluding carboxylic acids is 2. The van der Waals surface area contributed by atoms with Crippen molar-refractivity contribution in [1.82, 2.24) is 10.6 Å². The third-order valence-electron chi connectivity index (χ3n) is 1.92. The van der Waals surface area contributed by atoms with Crippen molar-refractivity contribution in [1.29, 1.82) is 0 Å². The van der Waals surface area contributed by atoms with Gasteiger partial charge in [-0.3, -0.25) is 4.79 Å². The van der Waals surface area contributed by atoms with Crippen LogP contribution in [0.15, 0.2) is 0 Å². The van der Waals surface area contributed by atoms with E-state index in [1.165, 1.54) is 7.11 Å². The molecule has 6 nitrogen and oxygen atoms in total. The number of hydrogen-bond donors (Lipinski definition) is 2. The molecule has 106 valence electrons.